The largest absolute Gasteiger partial charge is 0.466 e. The maximum atomic E-state index is 11.3. The zero-order chi connectivity index (χ0) is 12.1. The van der Waals surface area contributed by atoms with Gasteiger partial charge < -0.3 is 9.64 Å². The molecule has 3 nitrogen and oxygen atoms in total. The summed E-state index contributed by atoms with van der Waals surface area (Å²) in [5.41, 5.74) is 2.20. The molecule has 0 atom stereocenters. The average molecular weight is 231 g/mol. The van der Waals surface area contributed by atoms with Gasteiger partial charge in [-0.2, -0.15) is 0 Å². The van der Waals surface area contributed by atoms with Crippen molar-refractivity contribution >= 4 is 11.7 Å². The second kappa shape index (κ2) is 5.53. The van der Waals surface area contributed by atoms with Gasteiger partial charge in [-0.3, -0.25) is 4.79 Å². The number of benzene rings is 1. The fourth-order valence-corrected chi connectivity index (χ4v) is 1.89. The van der Waals surface area contributed by atoms with Gasteiger partial charge in [0.2, 0.25) is 0 Å². The quantitative estimate of drug-likeness (QED) is 0.587. The van der Waals surface area contributed by atoms with E-state index in [1.807, 2.05) is 19.1 Å². The Morgan fingerprint density at radius 3 is 2.47 bits per heavy atom. The molecular weight excluding hydrogens is 214 g/mol. The van der Waals surface area contributed by atoms with E-state index in [-0.39, 0.29) is 5.97 Å². The molecule has 1 aromatic rings. The lowest BCUT2D eigenvalue weighted by Gasteiger charge is -2.17. The topological polar surface area (TPSA) is 29.5 Å². The van der Waals surface area contributed by atoms with Crippen LogP contribution in [0.3, 0.4) is 0 Å². The van der Waals surface area contributed by atoms with Crippen molar-refractivity contribution in [1.82, 2.24) is 0 Å². The highest BCUT2D eigenvalue weighted by Crippen LogP contribution is 2.17. The highest BCUT2D eigenvalue weighted by atomic mass is 16.5. The Hall–Kier alpha value is -1.77. The molecule has 0 saturated carbocycles. The third-order valence-corrected chi connectivity index (χ3v) is 2.77. The normalized spacial score (nSPS) is 14.1. The van der Waals surface area contributed by atoms with Gasteiger partial charge in [-0.25, -0.2) is 0 Å². The van der Waals surface area contributed by atoms with Gasteiger partial charge in [-0.1, -0.05) is 24.3 Å². The summed E-state index contributed by atoms with van der Waals surface area (Å²) in [4.78, 5) is 13.6. The molecule has 0 saturated heterocycles. The Bertz CT molecular complexity index is 401. The second-order valence-electron chi connectivity index (χ2n) is 4.02. The van der Waals surface area contributed by atoms with Crippen LogP contribution in [-0.4, -0.2) is 25.7 Å². The average Bonchev–Trinajstić information content (AvgIpc) is 2.84. The van der Waals surface area contributed by atoms with E-state index in [9.17, 15) is 4.79 Å². The van der Waals surface area contributed by atoms with Crippen LogP contribution in [0.25, 0.3) is 0 Å². The molecular formula is C14H17NO2. The molecule has 1 heterocycles. The molecule has 0 aliphatic carbocycles. The van der Waals surface area contributed by atoms with Crippen molar-refractivity contribution < 1.29 is 9.53 Å². The van der Waals surface area contributed by atoms with Gasteiger partial charge in [-0.05, 0) is 24.6 Å². The van der Waals surface area contributed by atoms with Crippen molar-refractivity contribution in [3.8, 4) is 0 Å². The van der Waals surface area contributed by atoms with Crippen LogP contribution >= 0.6 is 0 Å². The number of carbonyl (C=O) groups excluding carboxylic acids is 1. The lowest BCUT2D eigenvalue weighted by Crippen LogP contribution is -2.18. The van der Waals surface area contributed by atoms with E-state index >= 15 is 0 Å². The summed E-state index contributed by atoms with van der Waals surface area (Å²) >= 11 is 0. The van der Waals surface area contributed by atoms with Gasteiger partial charge in [-0.15, -0.1) is 0 Å². The van der Waals surface area contributed by atoms with Crippen molar-refractivity contribution in [2.45, 2.75) is 13.3 Å². The Morgan fingerprint density at radius 1 is 1.24 bits per heavy atom. The molecule has 0 amide bonds. The van der Waals surface area contributed by atoms with E-state index in [0.29, 0.717) is 13.0 Å². The fourth-order valence-electron chi connectivity index (χ4n) is 1.89. The Morgan fingerprint density at radius 2 is 1.88 bits per heavy atom. The van der Waals surface area contributed by atoms with Gasteiger partial charge in [0, 0.05) is 18.8 Å². The standard InChI is InChI=1S/C14H17NO2/c1-2-17-14(16)11-12-5-7-13(8-6-12)15-9-3-4-10-15/h3-8H,2,9-11H2,1H3. The van der Waals surface area contributed by atoms with Gasteiger partial charge in [0.25, 0.3) is 0 Å². The number of rotatable bonds is 4. The molecule has 0 spiro atoms. The number of nitrogens with zero attached hydrogens (tertiary/aromatic N) is 1. The number of hydrogen-bond donors (Lipinski definition) is 0. The molecule has 3 heteroatoms. The predicted octanol–water partition coefficient (Wildman–Crippen LogP) is 2.17. The van der Waals surface area contributed by atoms with E-state index in [4.69, 9.17) is 4.74 Å². The van der Waals surface area contributed by atoms with Crippen molar-refractivity contribution in [3.63, 3.8) is 0 Å². The number of esters is 1. The molecule has 1 aliphatic heterocycles. The SMILES string of the molecule is CCOC(=O)Cc1ccc(N2CC=CC2)cc1. The monoisotopic (exact) mass is 231 g/mol. The van der Waals surface area contributed by atoms with Crippen LogP contribution in [0.5, 0.6) is 0 Å². The molecule has 0 N–H and O–H groups in total. The third kappa shape index (κ3) is 3.09. The minimum Gasteiger partial charge on any atom is -0.466 e. The summed E-state index contributed by atoms with van der Waals surface area (Å²) < 4.78 is 4.92. The molecule has 0 fully saturated rings. The highest BCUT2D eigenvalue weighted by molar-refractivity contribution is 5.72. The van der Waals surface area contributed by atoms with Crippen LogP contribution in [0, 0.1) is 0 Å². The first kappa shape index (κ1) is 11.7. The second-order valence-corrected chi connectivity index (χ2v) is 4.02. The van der Waals surface area contributed by atoms with Crippen molar-refractivity contribution in [2.24, 2.45) is 0 Å². The highest BCUT2D eigenvalue weighted by Gasteiger charge is 2.08. The van der Waals surface area contributed by atoms with E-state index < -0.39 is 0 Å². The van der Waals surface area contributed by atoms with Crippen molar-refractivity contribution in [2.75, 3.05) is 24.6 Å². The first-order chi connectivity index (χ1) is 8.29. The number of anilines is 1. The zero-order valence-corrected chi connectivity index (χ0v) is 10.1. The Labute approximate surface area is 102 Å². The van der Waals surface area contributed by atoms with Crippen LogP contribution in [0.15, 0.2) is 36.4 Å². The number of hydrogen-bond acceptors (Lipinski definition) is 3. The Balaban J connectivity index is 1.95. The van der Waals surface area contributed by atoms with Crippen LogP contribution in [0.2, 0.25) is 0 Å². The molecule has 2 rings (SSSR count). The van der Waals surface area contributed by atoms with E-state index in [1.165, 1.54) is 5.69 Å². The fraction of sp³-hybridized carbons (Fsp3) is 0.357. The smallest absolute Gasteiger partial charge is 0.310 e. The summed E-state index contributed by atoms with van der Waals surface area (Å²) in [6, 6.07) is 8.10. The summed E-state index contributed by atoms with van der Waals surface area (Å²) in [5.74, 6) is -0.164. The maximum Gasteiger partial charge on any atom is 0.310 e. The van der Waals surface area contributed by atoms with Gasteiger partial charge in [0.05, 0.1) is 13.0 Å². The number of carbonyl (C=O) groups is 1. The van der Waals surface area contributed by atoms with E-state index in [2.05, 4.69) is 29.2 Å². The molecule has 0 unspecified atom stereocenters. The minimum absolute atomic E-state index is 0.164. The minimum atomic E-state index is -0.164. The summed E-state index contributed by atoms with van der Waals surface area (Å²) in [7, 11) is 0. The van der Waals surface area contributed by atoms with E-state index in [1.54, 1.807) is 0 Å². The third-order valence-electron chi connectivity index (χ3n) is 2.77. The van der Waals surface area contributed by atoms with Gasteiger partial charge in [0.15, 0.2) is 0 Å². The van der Waals surface area contributed by atoms with Crippen molar-refractivity contribution in [1.29, 1.82) is 0 Å². The van der Waals surface area contributed by atoms with Crippen LogP contribution < -0.4 is 4.90 Å². The van der Waals surface area contributed by atoms with Gasteiger partial charge >= 0.3 is 5.97 Å². The summed E-state index contributed by atoms with van der Waals surface area (Å²) in [6.07, 6.45) is 4.67. The van der Waals surface area contributed by atoms with Crippen LogP contribution in [0.4, 0.5) is 5.69 Å². The van der Waals surface area contributed by atoms with Crippen LogP contribution in [0.1, 0.15) is 12.5 Å². The first-order valence-corrected chi connectivity index (χ1v) is 5.94. The molecule has 0 bridgehead atoms. The lowest BCUT2D eigenvalue weighted by atomic mass is 10.1. The maximum absolute atomic E-state index is 11.3. The van der Waals surface area contributed by atoms with Crippen LogP contribution in [-0.2, 0) is 16.0 Å². The molecule has 90 valence electrons. The molecule has 1 aromatic carbocycles. The predicted molar refractivity (Wildman–Crippen MR) is 68.1 cm³/mol. The first-order valence-electron chi connectivity index (χ1n) is 5.94. The van der Waals surface area contributed by atoms with E-state index in [0.717, 1.165) is 18.7 Å². The Kier molecular flexibility index (Phi) is 3.81. The zero-order valence-electron chi connectivity index (χ0n) is 10.1. The number of ether oxygens (including phenoxy) is 1. The van der Waals surface area contributed by atoms with Gasteiger partial charge in [0.1, 0.15) is 0 Å². The molecule has 0 aromatic heterocycles. The molecule has 17 heavy (non-hydrogen) atoms. The molecule has 1 aliphatic rings. The van der Waals surface area contributed by atoms with Crippen molar-refractivity contribution in [3.05, 3.63) is 42.0 Å². The lowest BCUT2D eigenvalue weighted by molar-refractivity contribution is -0.142. The summed E-state index contributed by atoms with van der Waals surface area (Å²) in [6.45, 7) is 4.20. The molecule has 0 radical (unpaired) electrons. The summed E-state index contributed by atoms with van der Waals surface area (Å²) in [5, 5.41) is 0.